The van der Waals surface area contributed by atoms with Crippen molar-refractivity contribution in [1.29, 1.82) is 0 Å². The van der Waals surface area contributed by atoms with Crippen LogP contribution >= 0.6 is 22.7 Å². The van der Waals surface area contributed by atoms with Crippen LogP contribution in [-0.4, -0.2) is 5.11 Å². The summed E-state index contributed by atoms with van der Waals surface area (Å²) < 4.78 is 0. The van der Waals surface area contributed by atoms with Gasteiger partial charge < -0.3 is 5.11 Å². The lowest BCUT2D eigenvalue weighted by atomic mass is 10.1. The van der Waals surface area contributed by atoms with E-state index >= 15 is 0 Å². The largest absolute Gasteiger partial charge is 0.387 e. The molecule has 74 valence electrons. The number of rotatable bonds is 3. The number of aliphatic hydroxyl groups is 1. The highest BCUT2D eigenvalue weighted by Crippen LogP contribution is 2.26. The van der Waals surface area contributed by atoms with Gasteiger partial charge in [-0.1, -0.05) is 0 Å². The summed E-state index contributed by atoms with van der Waals surface area (Å²) >= 11 is 3.31. The molecule has 0 fully saturated rings. The van der Waals surface area contributed by atoms with Gasteiger partial charge in [0.25, 0.3) is 0 Å². The molecular formula is C11H12OS2. The first kappa shape index (κ1) is 9.90. The van der Waals surface area contributed by atoms with Crippen LogP contribution in [-0.2, 0) is 6.42 Å². The van der Waals surface area contributed by atoms with Crippen molar-refractivity contribution >= 4 is 22.7 Å². The van der Waals surface area contributed by atoms with Crippen LogP contribution in [0.2, 0.25) is 0 Å². The molecule has 1 N–H and O–H groups in total. The van der Waals surface area contributed by atoms with Gasteiger partial charge in [-0.2, -0.15) is 11.3 Å². The third-order valence-corrected chi connectivity index (χ3v) is 4.07. The molecule has 0 aliphatic carbocycles. The van der Waals surface area contributed by atoms with E-state index in [9.17, 15) is 5.11 Å². The number of aliphatic hydroxyl groups excluding tert-OH is 1. The van der Waals surface area contributed by atoms with E-state index < -0.39 is 0 Å². The lowest BCUT2D eigenvalue weighted by Gasteiger charge is -2.08. The average molecular weight is 224 g/mol. The van der Waals surface area contributed by atoms with Crippen molar-refractivity contribution in [2.75, 3.05) is 0 Å². The molecule has 1 unspecified atom stereocenters. The molecule has 0 bridgehead atoms. The van der Waals surface area contributed by atoms with Gasteiger partial charge in [-0.25, -0.2) is 0 Å². The summed E-state index contributed by atoms with van der Waals surface area (Å²) in [4.78, 5) is 1.09. The molecule has 1 atom stereocenters. The van der Waals surface area contributed by atoms with Gasteiger partial charge in [0, 0.05) is 11.3 Å². The molecule has 1 nitrogen and oxygen atoms in total. The minimum Gasteiger partial charge on any atom is -0.387 e. The quantitative estimate of drug-likeness (QED) is 0.847. The Morgan fingerprint density at radius 3 is 2.79 bits per heavy atom. The maximum absolute atomic E-state index is 9.98. The van der Waals surface area contributed by atoms with Crippen LogP contribution in [0, 0.1) is 6.92 Å². The SMILES string of the molecule is Cc1ccsc1C(O)Cc1ccsc1. The normalized spacial score (nSPS) is 13.0. The molecule has 3 heteroatoms. The topological polar surface area (TPSA) is 20.2 Å². The molecule has 0 saturated heterocycles. The highest BCUT2D eigenvalue weighted by atomic mass is 32.1. The lowest BCUT2D eigenvalue weighted by molar-refractivity contribution is 0.182. The standard InChI is InChI=1S/C11H12OS2/c1-8-2-5-14-11(8)10(12)6-9-3-4-13-7-9/h2-5,7,10,12H,6H2,1H3. The van der Waals surface area contributed by atoms with Gasteiger partial charge >= 0.3 is 0 Å². The van der Waals surface area contributed by atoms with E-state index in [1.54, 1.807) is 22.7 Å². The zero-order chi connectivity index (χ0) is 9.97. The summed E-state index contributed by atoms with van der Waals surface area (Å²) in [5.74, 6) is 0. The molecule has 0 aliphatic rings. The van der Waals surface area contributed by atoms with Crippen LogP contribution < -0.4 is 0 Å². The molecule has 2 rings (SSSR count). The Bertz CT molecular complexity index is 389. The fourth-order valence-electron chi connectivity index (χ4n) is 1.45. The second-order valence-corrected chi connectivity index (χ2v) is 5.05. The van der Waals surface area contributed by atoms with E-state index in [0.29, 0.717) is 0 Å². The van der Waals surface area contributed by atoms with Crippen molar-refractivity contribution < 1.29 is 5.11 Å². The zero-order valence-electron chi connectivity index (χ0n) is 7.93. The summed E-state index contributed by atoms with van der Waals surface area (Å²) in [5.41, 5.74) is 2.41. The van der Waals surface area contributed by atoms with Crippen LogP contribution in [0.3, 0.4) is 0 Å². The minimum atomic E-state index is -0.343. The van der Waals surface area contributed by atoms with E-state index in [4.69, 9.17) is 0 Å². The van der Waals surface area contributed by atoms with Gasteiger partial charge in [-0.05, 0) is 46.3 Å². The predicted octanol–water partition coefficient (Wildman–Crippen LogP) is 3.39. The van der Waals surface area contributed by atoms with Crippen LogP contribution in [0.15, 0.2) is 28.3 Å². The second kappa shape index (κ2) is 4.26. The van der Waals surface area contributed by atoms with Crippen molar-refractivity contribution in [3.63, 3.8) is 0 Å². The Balaban J connectivity index is 2.10. The lowest BCUT2D eigenvalue weighted by Crippen LogP contribution is -1.99. The average Bonchev–Trinajstić information content (AvgIpc) is 2.75. The van der Waals surface area contributed by atoms with Crippen LogP contribution in [0.1, 0.15) is 22.1 Å². The number of thiophene rings is 2. The molecule has 2 aromatic rings. The van der Waals surface area contributed by atoms with Crippen molar-refractivity contribution in [3.05, 3.63) is 44.3 Å². The molecule has 14 heavy (non-hydrogen) atoms. The fourth-order valence-corrected chi connectivity index (χ4v) is 3.05. The van der Waals surface area contributed by atoms with Crippen molar-refractivity contribution in [2.45, 2.75) is 19.4 Å². The third-order valence-electron chi connectivity index (χ3n) is 2.21. The van der Waals surface area contributed by atoms with Gasteiger partial charge in [0.2, 0.25) is 0 Å². The molecule has 0 saturated carbocycles. The summed E-state index contributed by atoms with van der Waals surface area (Å²) in [6.45, 7) is 2.04. The Morgan fingerprint density at radius 2 is 2.21 bits per heavy atom. The summed E-state index contributed by atoms with van der Waals surface area (Å²) in [6, 6.07) is 4.12. The predicted molar refractivity (Wildman–Crippen MR) is 62.0 cm³/mol. The number of aryl methyl sites for hydroxylation is 1. The Morgan fingerprint density at radius 1 is 1.36 bits per heavy atom. The highest BCUT2D eigenvalue weighted by molar-refractivity contribution is 7.10. The molecule has 0 amide bonds. The van der Waals surface area contributed by atoms with E-state index in [1.807, 2.05) is 17.7 Å². The van der Waals surface area contributed by atoms with E-state index in [1.165, 1.54) is 11.1 Å². The van der Waals surface area contributed by atoms with Crippen LogP contribution in [0.25, 0.3) is 0 Å². The maximum atomic E-state index is 9.98. The van der Waals surface area contributed by atoms with Gasteiger partial charge in [0.05, 0.1) is 6.10 Å². The van der Waals surface area contributed by atoms with Gasteiger partial charge in [-0.3, -0.25) is 0 Å². The maximum Gasteiger partial charge on any atom is 0.0925 e. The molecule has 0 aliphatic heterocycles. The molecule has 2 aromatic heterocycles. The Labute approximate surface area is 91.7 Å². The summed E-state index contributed by atoms with van der Waals surface area (Å²) in [7, 11) is 0. The smallest absolute Gasteiger partial charge is 0.0925 e. The summed E-state index contributed by atoms with van der Waals surface area (Å²) in [6.07, 6.45) is 0.384. The first-order valence-electron chi connectivity index (χ1n) is 4.50. The highest BCUT2D eigenvalue weighted by Gasteiger charge is 2.12. The van der Waals surface area contributed by atoms with Crippen molar-refractivity contribution in [1.82, 2.24) is 0 Å². The van der Waals surface area contributed by atoms with Crippen LogP contribution in [0.5, 0.6) is 0 Å². The van der Waals surface area contributed by atoms with Gasteiger partial charge in [-0.15, -0.1) is 11.3 Å². The molecule has 0 spiro atoms. The first-order chi connectivity index (χ1) is 6.77. The third kappa shape index (κ3) is 2.05. The fraction of sp³-hybridized carbons (Fsp3) is 0.273. The van der Waals surface area contributed by atoms with Gasteiger partial charge in [0.1, 0.15) is 0 Å². The minimum absolute atomic E-state index is 0.343. The Kier molecular flexibility index (Phi) is 3.01. The van der Waals surface area contributed by atoms with E-state index in [2.05, 4.69) is 17.5 Å². The first-order valence-corrected chi connectivity index (χ1v) is 6.33. The number of hydrogen-bond acceptors (Lipinski definition) is 3. The van der Waals surface area contributed by atoms with Crippen molar-refractivity contribution in [2.24, 2.45) is 0 Å². The van der Waals surface area contributed by atoms with Crippen LogP contribution in [0.4, 0.5) is 0 Å². The monoisotopic (exact) mass is 224 g/mol. The Hall–Kier alpha value is -0.640. The van der Waals surface area contributed by atoms with Crippen molar-refractivity contribution in [3.8, 4) is 0 Å². The van der Waals surface area contributed by atoms with Gasteiger partial charge in [0.15, 0.2) is 0 Å². The second-order valence-electron chi connectivity index (χ2n) is 3.32. The van der Waals surface area contributed by atoms with E-state index in [0.717, 1.165) is 11.3 Å². The van der Waals surface area contributed by atoms with E-state index in [-0.39, 0.29) is 6.10 Å². The molecule has 2 heterocycles. The zero-order valence-corrected chi connectivity index (χ0v) is 9.57. The molecule has 0 radical (unpaired) electrons. The molecule has 0 aromatic carbocycles. The molecular weight excluding hydrogens is 212 g/mol. The number of hydrogen-bond donors (Lipinski definition) is 1. The summed E-state index contributed by atoms with van der Waals surface area (Å²) in [5, 5.41) is 16.1.